The van der Waals surface area contributed by atoms with Crippen LogP contribution in [0, 0.1) is 6.92 Å². The maximum Gasteiger partial charge on any atom is 0.289 e. The number of rotatable bonds is 3. The second-order valence-corrected chi connectivity index (χ2v) is 9.37. The van der Waals surface area contributed by atoms with Gasteiger partial charge in [0.2, 0.25) is 5.91 Å². The van der Waals surface area contributed by atoms with E-state index in [1.165, 1.54) is 20.5 Å². The molecule has 1 aromatic heterocycles. The van der Waals surface area contributed by atoms with Gasteiger partial charge in [-0.05, 0) is 25.5 Å². The second kappa shape index (κ2) is 5.38. The van der Waals surface area contributed by atoms with Crippen LogP contribution in [0.15, 0.2) is 16.3 Å². The minimum Gasteiger partial charge on any atom is -0.273 e. The van der Waals surface area contributed by atoms with Gasteiger partial charge < -0.3 is 0 Å². The van der Waals surface area contributed by atoms with E-state index in [1.54, 1.807) is 12.1 Å². The predicted octanol–water partition coefficient (Wildman–Crippen LogP) is 1.51. The van der Waals surface area contributed by atoms with Crippen molar-refractivity contribution in [3.63, 3.8) is 0 Å². The first-order valence-electron chi connectivity index (χ1n) is 6.45. The van der Waals surface area contributed by atoms with E-state index in [4.69, 9.17) is 0 Å². The third-order valence-electron chi connectivity index (χ3n) is 3.59. The number of amides is 2. The maximum atomic E-state index is 12.5. The fourth-order valence-electron chi connectivity index (χ4n) is 2.53. The van der Waals surface area contributed by atoms with Crippen LogP contribution in [0.2, 0.25) is 0 Å². The summed E-state index contributed by atoms with van der Waals surface area (Å²) in [6.45, 7) is 2.39. The molecule has 21 heavy (non-hydrogen) atoms. The Morgan fingerprint density at radius 2 is 2.05 bits per heavy atom. The van der Waals surface area contributed by atoms with Crippen molar-refractivity contribution in [2.24, 2.45) is 0 Å². The molecule has 0 N–H and O–H groups in total. The van der Waals surface area contributed by atoms with Crippen LogP contribution in [0.4, 0.5) is 4.79 Å². The maximum absolute atomic E-state index is 12.5. The van der Waals surface area contributed by atoms with Crippen LogP contribution in [0.1, 0.15) is 11.3 Å². The van der Waals surface area contributed by atoms with E-state index in [0.717, 1.165) is 16.6 Å². The van der Waals surface area contributed by atoms with Crippen molar-refractivity contribution >= 4 is 44.3 Å². The highest BCUT2D eigenvalue weighted by molar-refractivity contribution is 8.14. The summed E-state index contributed by atoms with van der Waals surface area (Å²) < 4.78 is 26.7. The van der Waals surface area contributed by atoms with Gasteiger partial charge in [0.15, 0.2) is 0 Å². The molecular weight excluding hydrogens is 332 g/mol. The van der Waals surface area contributed by atoms with Crippen LogP contribution < -0.4 is 0 Å². The van der Waals surface area contributed by atoms with E-state index >= 15 is 0 Å². The van der Waals surface area contributed by atoms with E-state index in [-0.39, 0.29) is 29.5 Å². The van der Waals surface area contributed by atoms with Gasteiger partial charge in [-0.15, -0.1) is 11.3 Å². The molecule has 2 aliphatic rings. The molecule has 3 rings (SSSR count). The van der Waals surface area contributed by atoms with Gasteiger partial charge in [0, 0.05) is 18.0 Å². The van der Waals surface area contributed by atoms with Crippen LogP contribution in [-0.4, -0.2) is 53.7 Å². The molecule has 0 saturated carbocycles. The zero-order valence-corrected chi connectivity index (χ0v) is 13.8. The number of thiophene rings is 1. The number of nitrogens with zero attached hydrogens (tertiary/aromatic N) is 2. The van der Waals surface area contributed by atoms with Crippen LogP contribution in [0.5, 0.6) is 0 Å². The SMILES string of the molecule is Cc1ccc(S(=O)(=O)N2CC[C@H](N3C(=O)CSC3=O)C2)s1. The lowest BCUT2D eigenvalue weighted by Gasteiger charge is -2.21. The van der Waals surface area contributed by atoms with Crippen LogP contribution in [0.25, 0.3) is 0 Å². The van der Waals surface area contributed by atoms with Crippen molar-refractivity contribution in [1.82, 2.24) is 9.21 Å². The van der Waals surface area contributed by atoms with Crippen molar-refractivity contribution in [2.45, 2.75) is 23.6 Å². The highest BCUT2D eigenvalue weighted by atomic mass is 32.2. The number of carbonyl (C=O) groups excluding carboxylic acids is 2. The quantitative estimate of drug-likeness (QED) is 0.829. The molecule has 9 heteroatoms. The first-order valence-corrected chi connectivity index (χ1v) is 9.69. The number of thioether (sulfide) groups is 1. The molecule has 0 unspecified atom stereocenters. The fraction of sp³-hybridized carbons (Fsp3) is 0.500. The lowest BCUT2D eigenvalue weighted by Crippen LogP contribution is -2.41. The molecule has 6 nitrogen and oxygen atoms in total. The normalized spacial score (nSPS) is 24.2. The minimum absolute atomic E-state index is 0.159. The summed E-state index contributed by atoms with van der Waals surface area (Å²) in [5.74, 6) is -0.0622. The van der Waals surface area contributed by atoms with E-state index in [0.29, 0.717) is 17.2 Å². The average Bonchev–Trinajstić information content (AvgIpc) is 3.11. The largest absolute Gasteiger partial charge is 0.289 e. The highest BCUT2D eigenvalue weighted by Gasteiger charge is 2.42. The Morgan fingerprint density at radius 3 is 2.62 bits per heavy atom. The minimum atomic E-state index is -3.52. The molecule has 0 aromatic carbocycles. The zero-order chi connectivity index (χ0) is 15.2. The Morgan fingerprint density at radius 1 is 1.29 bits per heavy atom. The summed E-state index contributed by atoms with van der Waals surface area (Å²) in [5.41, 5.74) is 0. The lowest BCUT2D eigenvalue weighted by atomic mass is 10.2. The molecule has 3 heterocycles. The van der Waals surface area contributed by atoms with Gasteiger partial charge in [-0.25, -0.2) is 8.42 Å². The molecule has 0 aliphatic carbocycles. The number of carbonyl (C=O) groups is 2. The van der Waals surface area contributed by atoms with Crippen molar-refractivity contribution in [3.8, 4) is 0 Å². The Hall–Kier alpha value is -0.900. The number of hydrogen-bond donors (Lipinski definition) is 0. The monoisotopic (exact) mass is 346 g/mol. The Labute approximate surface area is 131 Å². The van der Waals surface area contributed by atoms with Crippen molar-refractivity contribution in [3.05, 3.63) is 17.0 Å². The number of hydrogen-bond acceptors (Lipinski definition) is 6. The van der Waals surface area contributed by atoms with Gasteiger partial charge in [-0.1, -0.05) is 11.8 Å². The van der Waals surface area contributed by atoms with Gasteiger partial charge in [-0.3, -0.25) is 14.5 Å². The Balaban J connectivity index is 1.78. The van der Waals surface area contributed by atoms with Gasteiger partial charge in [0.05, 0.1) is 11.8 Å². The summed E-state index contributed by atoms with van der Waals surface area (Å²) in [4.78, 5) is 25.6. The van der Waals surface area contributed by atoms with E-state index in [9.17, 15) is 18.0 Å². The molecule has 1 aromatic rings. The smallest absolute Gasteiger partial charge is 0.273 e. The van der Waals surface area contributed by atoms with Gasteiger partial charge >= 0.3 is 0 Å². The second-order valence-electron chi connectivity index (χ2n) is 4.99. The first kappa shape index (κ1) is 15.0. The van der Waals surface area contributed by atoms with Gasteiger partial charge in [-0.2, -0.15) is 4.31 Å². The molecule has 2 saturated heterocycles. The summed E-state index contributed by atoms with van der Waals surface area (Å²) in [6, 6.07) is 3.04. The first-order chi connectivity index (χ1) is 9.89. The van der Waals surface area contributed by atoms with Crippen LogP contribution >= 0.6 is 23.1 Å². The molecule has 114 valence electrons. The Bertz CT molecular complexity index is 681. The van der Waals surface area contributed by atoms with Crippen LogP contribution in [0.3, 0.4) is 0 Å². The molecule has 0 spiro atoms. The molecular formula is C12H14N2O4S3. The number of aryl methyl sites for hydroxylation is 1. The standard InChI is InChI=1S/C12H14N2O4S3/c1-8-2-3-11(20-8)21(17,18)13-5-4-9(6-13)14-10(15)7-19-12(14)16/h2-3,9H,4-7H2,1H3/t9-/m0/s1. The van der Waals surface area contributed by atoms with E-state index < -0.39 is 10.0 Å². The van der Waals surface area contributed by atoms with Crippen molar-refractivity contribution < 1.29 is 18.0 Å². The van der Waals surface area contributed by atoms with E-state index in [1.807, 2.05) is 6.92 Å². The summed E-state index contributed by atoms with van der Waals surface area (Å²) >= 11 is 2.22. The van der Waals surface area contributed by atoms with Crippen molar-refractivity contribution in [2.75, 3.05) is 18.8 Å². The summed E-state index contributed by atoms with van der Waals surface area (Å²) in [6.07, 6.45) is 0.502. The molecule has 0 bridgehead atoms. The average molecular weight is 346 g/mol. The van der Waals surface area contributed by atoms with Gasteiger partial charge in [0.25, 0.3) is 15.3 Å². The number of sulfonamides is 1. The van der Waals surface area contributed by atoms with Gasteiger partial charge in [0.1, 0.15) is 4.21 Å². The topological polar surface area (TPSA) is 74.8 Å². The lowest BCUT2D eigenvalue weighted by molar-refractivity contribution is -0.126. The predicted molar refractivity (Wildman–Crippen MR) is 80.9 cm³/mol. The zero-order valence-electron chi connectivity index (χ0n) is 11.3. The summed E-state index contributed by atoms with van der Waals surface area (Å²) in [5, 5.41) is -0.267. The summed E-state index contributed by atoms with van der Waals surface area (Å²) in [7, 11) is -3.52. The third-order valence-corrected chi connectivity index (χ3v) is 7.75. The highest BCUT2D eigenvalue weighted by Crippen LogP contribution is 2.31. The van der Waals surface area contributed by atoms with E-state index in [2.05, 4.69) is 0 Å². The fourth-order valence-corrected chi connectivity index (χ4v) is 6.24. The van der Waals surface area contributed by atoms with Crippen molar-refractivity contribution in [1.29, 1.82) is 0 Å². The molecule has 2 aliphatic heterocycles. The molecule has 2 fully saturated rings. The molecule has 0 radical (unpaired) electrons. The Kier molecular flexibility index (Phi) is 3.85. The molecule has 2 amide bonds. The molecule has 1 atom stereocenters. The number of imide groups is 1. The third kappa shape index (κ3) is 2.63. The van der Waals surface area contributed by atoms with Crippen LogP contribution in [-0.2, 0) is 14.8 Å².